The number of hydrogen-bond donors (Lipinski definition) is 1. The summed E-state index contributed by atoms with van der Waals surface area (Å²) in [5.74, 6) is -0.393. The van der Waals surface area contributed by atoms with E-state index in [9.17, 15) is 13.2 Å². The Bertz CT molecular complexity index is 309. The van der Waals surface area contributed by atoms with Gasteiger partial charge in [0.25, 0.3) is 10.1 Å². The topological polar surface area (TPSA) is 72.5 Å². The van der Waals surface area contributed by atoms with Crippen LogP contribution in [0.3, 0.4) is 0 Å². The van der Waals surface area contributed by atoms with Crippen molar-refractivity contribution in [2.75, 3.05) is 6.26 Å². The molecular formula is C6H10NO4S2. The molecule has 5 nitrogen and oxygen atoms in total. The Labute approximate surface area is 82.6 Å². The molecule has 0 rings (SSSR count). The summed E-state index contributed by atoms with van der Waals surface area (Å²) in [5, 5.41) is 2.21. The van der Waals surface area contributed by atoms with E-state index in [1.165, 1.54) is 6.92 Å². The first-order valence-electron chi connectivity index (χ1n) is 3.25. The zero-order valence-corrected chi connectivity index (χ0v) is 8.87. The van der Waals surface area contributed by atoms with Crippen molar-refractivity contribution in [2.24, 2.45) is 0 Å². The number of nitrogens with one attached hydrogen (secondary N) is 1. The van der Waals surface area contributed by atoms with Crippen LogP contribution in [0, 0.1) is 6.92 Å². The molecule has 0 fully saturated rings. The molecule has 1 atom stereocenters. The standard InChI is InChI=1S/C6H10NO4S2/c1-4(11-13(3,9)10)6(12)7-5(2)8/h4H,1H2,2-3H3,(H,7,8,12). The monoisotopic (exact) mass is 224 g/mol. The summed E-state index contributed by atoms with van der Waals surface area (Å²) < 4.78 is 25.6. The highest BCUT2D eigenvalue weighted by Crippen LogP contribution is 1.97. The van der Waals surface area contributed by atoms with Crippen molar-refractivity contribution in [3.8, 4) is 0 Å². The van der Waals surface area contributed by atoms with Gasteiger partial charge in [0.05, 0.1) is 6.26 Å². The number of thiocarbonyl (C=S) groups is 1. The van der Waals surface area contributed by atoms with Gasteiger partial charge in [-0.2, -0.15) is 8.42 Å². The van der Waals surface area contributed by atoms with Gasteiger partial charge in [-0.1, -0.05) is 12.2 Å². The van der Waals surface area contributed by atoms with Crippen molar-refractivity contribution in [1.82, 2.24) is 5.32 Å². The van der Waals surface area contributed by atoms with Crippen LogP contribution in [0.2, 0.25) is 0 Å². The number of amides is 1. The molecule has 0 bridgehead atoms. The van der Waals surface area contributed by atoms with Gasteiger partial charge in [0, 0.05) is 6.92 Å². The number of rotatable bonds is 3. The first kappa shape index (κ1) is 12.5. The molecule has 13 heavy (non-hydrogen) atoms. The minimum atomic E-state index is -3.61. The van der Waals surface area contributed by atoms with Crippen LogP contribution in [0.15, 0.2) is 0 Å². The molecule has 0 saturated carbocycles. The minimum Gasteiger partial charge on any atom is -0.319 e. The first-order valence-corrected chi connectivity index (χ1v) is 5.47. The van der Waals surface area contributed by atoms with E-state index in [-0.39, 0.29) is 4.99 Å². The van der Waals surface area contributed by atoms with Gasteiger partial charge in [-0.3, -0.25) is 8.98 Å². The van der Waals surface area contributed by atoms with Crippen molar-refractivity contribution >= 4 is 33.2 Å². The highest BCUT2D eigenvalue weighted by Gasteiger charge is 2.15. The van der Waals surface area contributed by atoms with E-state index in [2.05, 4.69) is 28.6 Å². The number of carbonyl (C=O) groups is 1. The molecule has 1 unspecified atom stereocenters. The van der Waals surface area contributed by atoms with Crippen LogP contribution in [0.5, 0.6) is 0 Å². The molecule has 0 aromatic carbocycles. The van der Waals surface area contributed by atoms with Gasteiger partial charge in [0.15, 0.2) is 0 Å². The van der Waals surface area contributed by atoms with Crippen molar-refractivity contribution < 1.29 is 17.4 Å². The molecule has 7 heteroatoms. The molecule has 0 aromatic rings. The SMILES string of the molecule is [CH2]C(OS(C)(=O)=O)C(=S)NC(C)=O. The second-order valence-corrected chi connectivity index (χ2v) is 4.37. The number of carbonyl (C=O) groups excluding carboxylic acids is 1. The fourth-order valence-electron chi connectivity index (χ4n) is 0.509. The molecule has 0 aliphatic rings. The summed E-state index contributed by atoms with van der Waals surface area (Å²) in [6, 6.07) is 0. The van der Waals surface area contributed by atoms with E-state index in [1.807, 2.05) is 0 Å². The second kappa shape index (κ2) is 4.64. The summed E-state index contributed by atoms with van der Waals surface area (Å²) in [5.41, 5.74) is 0. The van der Waals surface area contributed by atoms with Gasteiger partial charge < -0.3 is 5.32 Å². The van der Waals surface area contributed by atoms with E-state index in [4.69, 9.17) is 0 Å². The Balaban J connectivity index is 4.20. The minimum absolute atomic E-state index is 0.0575. The predicted octanol–water partition coefficient (Wildman–Crippen LogP) is -0.371. The highest BCUT2D eigenvalue weighted by atomic mass is 32.2. The van der Waals surface area contributed by atoms with Crippen molar-refractivity contribution in [3.63, 3.8) is 0 Å². The number of hydrogen-bond acceptors (Lipinski definition) is 5. The van der Waals surface area contributed by atoms with Crippen LogP contribution in [-0.2, 0) is 19.1 Å². The van der Waals surface area contributed by atoms with Crippen LogP contribution in [0.25, 0.3) is 0 Å². The molecule has 0 aromatic heterocycles. The lowest BCUT2D eigenvalue weighted by molar-refractivity contribution is -0.117. The highest BCUT2D eigenvalue weighted by molar-refractivity contribution is 7.86. The van der Waals surface area contributed by atoms with E-state index >= 15 is 0 Å². The average molecular weight is 224 g/mol. The predicted molar refractivity (Wildman–Crippen MR) is 51.5 cm³/mol. The zero-order chi connectivity index (χ0) is 10.6. The van der Waals surface area contributed by atoms with Crippen LogP contribution in [-0.4, -0.2) is 31.7 Å². The Morgan fingerprint density at radius 1 is 1.62 bits per heavy atom. The largest absolute Gasteiger partial charge is 0.319 e. The summed E-state index contributed by atoms with van der Waals surface area (Å²) in [4.78, 5) is 10.4. The molecule has 0 heterocycles. The third-order valence-electron chi connectivity index (χ3n) is 0.883. The third kappa shape index (κ3) is 6.62. The maximum absolute atomic E-state index is 10.6. The zero-order valence-electron chi connectivity index (χ0n) is 7.23. The molecule has 0 aliphatic heterocycles. The fraction of sp³-hybridized carbons (Fsp3) is 0.500. The molecular weight excluding hydrogens is 214 g/mol. The smallest absolute Gasteiger partial charge is 0.265 e. The Morgan fingerprint density at radius 2 is 2.08 bits per heavy atom. The average Bonchev–Trinajstić information content (AvgIpc) is 1.81. The maximum Gasteiger partial charge on any atom is 0.265 e. The Morgan fingerprint density at radius 3 is 2.38 bits per heavy atom. The first-order chi connectivity index (χ1) is 5.72. The quantitative estimate of drug-likeness (QED) is 0.523. The van der Waals surface area contributed by atoms with E-state index in [0.717, 1.165) is 6.26 Å². The molecule has 0 spiro atoms. The van der Waals surface area contributed by atoms with Gasteiger partial charge in [0.2, 0.25) is 5.91 Å². The summed E-state index contributed by atoms with van der Waals surface area (Å²) in [6.45, 7) is 4.57. The van der Waals surface area contributed by atoms with Crippen LogP contribution in [0.4, 0.5) is 0 Å². The van der Waals surface area contributed by atoms with Crippen molar-refractivity contribution in [2.45, 2.75) is 13.0 Å². The lowest BCUT2D eigenvalue weighted by atomic mass is 10.4. The molecule has 0 saturated heterocycles. The van der Waals surface area contributed by atoms with E-state index in [0.29, 0.717) is 0 Å². The summed E-state index contributed by atoms with van der Waals surface area (Å²) >= 11 is 4.64. The van der Waals surface area contributed by atoms with Gasteiger partial charge in [-0.05, 0) is 6.92 Å². The van der Waals surface area contributed by atoms with Crippen molar-refractivity contribution in [1.29, 1.82) is 0 Å². The third-order valence-corrected chi connectivity index (χ3v) is 1.83. The van der Waals surface area contributed by atoms with Gasteiger partial charge in [-0.15, -0.1) is 0 Å². The fourth-order valence-corrected chi connectivity index (χ4v) is 1.28. The Kier molecular flexibility index (Phi) is 4.45. The summed E-state index contributed by atoms with van der Waals surface area (Å²) in [7, 11) is -3.61. The van der Waals surface area contributed by atoms with Crippen LogP contribution >= 0.6 is 12.2 Å². The Hall–Kier alpha value is -0.530. The summed E-state index contributed by atoms with van der Waals surface area (Å²) in [6.07, 6.45) is -0.199. The van der Waals surface area contributed by atoms with Crippen LogP contribution < -0.4 is 5.32 Å². The van der Waals surface area contributed by atoms with Crippen molar-refractivity contribution in [3.05, 3.63) is 6.92 Å². The molecule has 0 aliphatic carbocycles. The molecule has 1 amide bonds. The van der Waals surface area contributed by atoms with E-state index in [1.54, 1.807) is 0 Å². The van der Waals surface area contributed by atoms with Gasteiger partial charge in [-0.25, -0.2) is 0 Å². The van der Waals surface area contributed by atoms with Crippen LogP contribution in [0.1, 0.15) is 6.92 Å². The second-order valence-electron chi connectivity index (χ2n) is 2.33. The lowest BCUT2D eigenvalue weighted by Gasteiger charge is -2.11. The van der Waals surface area contributed by atoms with Gasteiger partial charge >= 0.3 is 0 Å². The van der Waals surface area contributed by atoms with Gasteiger partial charge in [0.1, 0.15) is 11.1 Å². The van der Waals surface area contributed by atoms with E-state index < -0.39 is 22.1 Å². The molecule has 75 valence electrons. The lowest BCUT2D eigenvalue weighted by Crippen LogP contribution is -2.36. The molecule has 1 radical (unpaired) electrons. The molecule has 1 N–H and O–H groups in total. The normalized spacial score (nSPS) is 13.5. The maximum atomic E-state index is 10.6.